The summed E-state index contributed by atoms with van der Waals surface area (Å²) in [6, 6.07) is 4.97. The van der Waals surface area contributed by atoms with Crippen LogP contribution in [0.5, 0.6) is 5.75 Å². The van der Waals surface area contributed by atoms with Gasteiger partial charge in [-0.3, -0.25) is 24.6 Å². The van der Waals surface area contributed by atoms with E-state index in [1.54, 1.807) is 16.9 Å². The zero-order chi connectivity index (χ0) is 22.2. The van der Waals surface area contributed by atoms with Crippen molar-refractivity contribution in [3.8, 4) is 17.1 Å². The third-order valence-electron chi connectivity index (χ3n) is 5.68. The molecule has 5 rings (SSSR count). The summed E-state index contributed by atoms with van der Waals surface area (Å²) >= 11 is 0. The fourth-order valence-electron chi connectivity index (χ4n) is 4.11. The molecule has 3 aromatic rings. The first-order valence-electron chi connectivity index (χ1n) is 10.4. The van der Waals surface area contributed by atoms with Crippen molar-refractivity contribution in [1.29, 1.82) is 0 Å². The van der Waals surface area contributed by atoms with Gasteiger partial charge in [0.1, 0.15) is 11.9 Å². The molecule has 1 atom stereocenters. The molecular weight excluding hydrogens is 416 g/mol. The lowest BCUT2D eigenvalue weighted by atomic mass is 10.1. The Hall–Kier alpha value is -3.40. The largest absolute Gasteiger partial charge is 0.485 e. The first kappa shape index (κ1) is 20.5. The van der Waals surface area contributed by atoms with Crippen LogP contribution in [0.15, 0.2) is 41.9 Å². The Balaban J connectivity index is 1.20. The van der Waals surface area contributed by atoms with Gasteiger partial charge in [0.05, 0.1) is 42.2 Å². The van der Waals surface area contributed by atoms with Gasteiger partial charge in [-0.1, -0.05) is 0 Å². The van der Waals surface area contributed by atoms with Crippen molar-refractivity contribution in [2.45, 2.75) is 25.5 Å². The van der Waals surface area contributed by atoms with Gasteiger partial charge < -0.3 is 4.74 Å². The number of nitrogens with zero attached hydrogens (tertiary/aromatic N) is 7. The molecule has 0 saturated carbocycles. The predicted molar refractivity (Wildman–Crippen MR) is 114 cm³/mol. The Morgan fingerprint density at radius 3 is 2.72 bits per heavy atom. The number of pyridine rings is 2. The summed E-state index contributed by atoms with van der Waals surface area (Å²) in [4.78, 5) is 10.3. The van der Waals surface area contributed by atoms with Crippen LogP contribution in [0.25, 0.3) is 11.4 Å². The first-order chi connectivity index (χ1) is 15.5. The SMILES string of the molecule is Cc1cc(-c2cc(OC3CN(CN4N=CC[C@H]4c4cncc(F)c4)C3)c(F)cn2)n(C)n1. The topological polar surface area (TPSA) is 71.7 Å². The van der Waals surface area contributed by atoms with E-state index in [1.165, 1.54) is 18.5 Å². The van der Waals surface area contributed by atoms with Crippen LogP contribution in [0.2, 0.25) is 0 Å². The van der Waals surface area contributed by atoms with E-state index in [1.807, 2.05) is 31.3 Å². The van der Waals surface area contributed by atoms with Crippen LogP contribution in [0.3, 0.4) is 0 Å². The standard InChI is InChI=1S/C22H23F2N7O/c1-14-5-21(29(2)28-14)19-7-22(18(24)10-26-19)32-17-11-30(12-17)13-31-20(3-4-27-31)15-6-16(23)9-25-8-15/h4-10,17,20H,3,11-13H2,1-2H3/t20-/m0/s1. The maximum Gasteiger partial charge on any atom is 0.183 e. The van der Waals surface area contributed by atoms with Gasteiger partial charge in [0.25, 0.3) is 0 Å². The number of halogens is 2. The van der Waals surface area contributed by atoms with Crippen LogP contribution < -0.4 is 4.74 Å². The zero-order valence-corrected chi connectivity index (χ0v) is 17.8. The fraction of sp³-hybridized carbons (Fsp3) is 0.364. The van der Waals surface area contributed by atoms with Gasteiger partial charge in [0.15, 0.2) is 11.6 Å². The highest BCUT2D eigenvalue weighted by Gasteiger charge is 2.33. The van der Waals surface area contributed by atoms with Crippen molar-refractivity contribution >= 4 is 6.21 Å². The normalized spacial score (nSPS) is 18.9. The maximum atomic E-state index is 14.3. The lowest BCUT2D eigenvalue weighted by Gasteiger charge is -2.41. The molecule has 0 N–H and O–H groups in total. The van der Waals surface area contributed by atoms with Crippen LogP contribution in [0, 0.1) is 18.6 Å². The van der Waals surface area contributed by atoms with Gasteiger partial charge in [0.2, 0.25) is 0 Å². The minimum atomic E-state index is -0.492. The van der Waals surface area contributed by atoms with Crippen LogP contribution in [0.4, 0.5) is 8.78 Å². The van der Waals surface area contributed by atoms with E-state index < -0.39 is 5.82 Å². The minimum absolute atomic E-state index is 0.0410. The second-order valence-corrected chi connectivity index (χ2v) is 8.14. The number of rotatable bonds is 6. The average molecular weight is 439 g/mol. The van der Waals surface area contributed by atoms with E-state index in [9.17, 15) is 8.78 Å². The monoisotopic (exact) mass is 439 g/mol. The van der Waals surface area contributed by atoms with Crippen molar-refractivity contribution in [2.24, 2.45) is 12.1 Å². The molecule has 0 unspecified atom stereocenters. The smallest absolute Gasteiger partial charge is 0.183 e. The molecule has 0 radical (unpaired) electrons. The maximum absolute atomic E-state index is 14.3. The second kappa shape index (κ2) is 8.27. The van der Waals surface area contributed by atoms with Crippen LogP contribution in [0.1, 0.15) is 23.7 Å². The summed E-state index contributed by atoms with van der Waals surface area (Å²) in [6.07, 6.45) is 6.45. The Kier molecular flexibility index (Phi) is 5.30. The molecule has 32 heavy (non-hydrogen) atoms. The van der Waals surface area contributed by atoms with Gasteiger partial charge in [-0.05, 0) is 24.6 Å². The molecule has 3 aromatic heterocycles. The molecule has 1 fully saturated rings. The van der Waals surface area contributed by atoms with E-state index in [4.69, 9.17) is 4.74 Å². The van der Waals surface area contributed by atoms with Crippen LogP contribution >= 0.6 is 0 Å². The average Bonchev–Trinajstić information content (AvgIpc) is 3.33. The van der Waals surface area contributed by atoms with E-state index in [0.29, 0.717) is 31.9 Å². The summed E-state index contributed by atoms with van der Waals surface area (Å²) < 4.78 is 35.5. The van der Waals surface area contributed by atoms with Crippen molar-refractivity contribution < 1.29 is 13.5 Å². The Morgan fingerprint density at radius 2 is 1.97 bits per heavy atom. The summed E-state index contributed by atoms with van der Waals surface area (Å²) in [5.41, 5.74) is 3.07. The van der Waals surface area contributed by atoms with Gasteiger partial charge in [-0.2, -0.15) is 10.2 Å². The molecule has 8 nitrogen and oxygen atoms in total. The van der Waals surface area contributed by atoms with Gasteiger partial charge in [-0.15, -0.1) is 0 Å². The minimum Gasteiger partial charge on any atom is -0.485 e. The van der Waals surface area contributed by atoms with E-state index >= 15 is 0 Å². The molecule has 0 aliphatic carbocycles. The highest BCUT2D eigenvalue weighted by atomic mass is 19.1. The van der Waals surface area contributed by atoms with E-state index in [0.717, 1.165) is 17.0 Å². The third kappa shape index (κ3) is 4.05. The predicted octanol–water partition coefficient (Wildman–Crippen LogP) is 2.92. The number of aromatic nitrogens is 4. The van der Waals surface area contributed by atoms with Crippen molar-refractivity contribution in [2.75, 3.05) is 19.8 Å². The molecule has 10 heteroatoms. The summed E-state index contributed by atoms with van der Waals surface area (Å²) in [6.45, 7) is 3.76. The number of hydrogen-bond donors (Lipinski definition) is 0. The third-order valence-corrected chi connectivity index (χ3v) is 5.68. The quantitative estimate of drug-likeness (QED) is 0.588. The van der Waals surface area contributed by atoms with Gasteiger partial charge in [-0.25, -0.2) is 8.78 Å². The zero-order valence-electron chi connectivity index (χ0n) is 17.8. The van der Waals surface area contributed by atoms with Gasteiger partial charge in [0, 0.05) is 45.0 Å². The number of likely N-dealkylation sites (tertiary alicyclic amines) is 1. The number of aryl methyl sites for hydroxylation is 2. The molecule has 0 bridgehead atoms. The van der Waals surface area contributed by atoms with Crippen molar-refractivity contribution in [3.05, 3.63) is 59.7 Å². The van der Waals surface area contributed by atoms with Crippen LogP contribution in [-0.2, 0) is 7.05 Å². The molecule has 2 aliphatic rings. The first-order valence-corrected chi connectivity index (χ1v) is 10.4. The lowest BCUT2D eigenvalue weighted by Crippen LogP contribution is -2.56. The van der Waals surface area contributed by atoms with Crippen molar-refractivity contribution in [1.82, 2.24) is 29.7 Å². The highest BCUT2D eigenvalue weighted by molar-refractivity contribution is 5.60. The molecule has 0 aromatic carbocycles. The molecular formula is C22H23F2N7O. The number of ether oxygens (including phenoxy) is 1. The Bertz CT molecular complexity index is 1160. The summed E-state index contributed by atoms with van der Waals surface area (Å²) in [5.74, 6) is -0.665. The van der Waals surface area contributed by atoms with E-state index in [2.05, 4.69) is 25.1 Å². The number of hydrogen-bond acceptors (Lipinski definition) is 7. The lowest BCUT2D eigenvalue weighted by molar-refractivity contribution is -0.0234. The molecule has 0 amide bonds. The molecule has 1 saturated heterocycles. The summed E-state index contributed by atoms with van der Waals surface area (Å²) in [7, 11) is 1.83. The molecule has 0 spiro atoms. The van der Waals surface area contributed by atoms with Crippen LogP contribution in [-0.4, -0.2) is 61.7 Å². The molecule has 2 aliphatic heterocycles. The highest BCUT2D eigenvalue weighted by Crippen LogP contribution is 2.30. The fourth-order valence-corrected chi connectivity index (χ4v) is 4.11. The molecule has 166 valence electrons. The molecule has 5 heterocycles. The van der Waals surface area contributed by atoms with Gasteiger partial charge >= 0.3 is 0 Å². The Morgan fingerprint density at radius 1 is 1.12 bits per heavy atom. The number of hydrazone groups is 1. The second-order valence-electron chi connectivity index (χ2n) is 8.14. The summed E-state index contributed by atoms with van der Waals surface area (Å²) in [5, 5.41) is 10.7. The van der Waals surface area contributed by atoms with E-state index in [-0.39, 0.29) is 23.7 Å². The van der Waals surface area contributed by atoms with Crippen molar-refractivity contribution in [3.63, 3.8) is 0 Å². The Labute approximate surface area is 184 Å².